The van der Waals surface area contributed by atoms with E-state index in [0.29, 0.717) is 11.7 Å². The third kappa shape index (κ3) is 3.05. The van der Waals surface area contributed by atoms with Crippen LogP contribution in [0.3, 0.4) is 0 Å². The van der Waals surface area contributed by atoms with E-state index in [1.807, 2.05) is 40.8 Å². The van der Waals surface area contributed by atoms with E-state index in [9.17, 15) is 4.79 Å². The average molecular weight is 326 g/mol. The van der Waals surface area contributed by atoms with Crippen LogP contribution in [0.5, 0.6) is 0 Å². The number of fused-ring (bicyclic) bond motifs is 1. The fraction of sp³-hybridized carbons (Fsp3) is 0.579. The van der Waals surface area contributed by atoms with Gasteiger partial charge in [-0.3, -0.25) is 4.79 Å². The molecule has 4 rings (SSSR count). The summed E-state index contributed by atoms with van der Waals surface area (Å²) < 4.78 is 1.95. The minimum Gasteiger partial charge on any atom is -0.337 e. The predicted molar refractivity (Wildman–Crippen MR) is 94.3 cm³/mol. The standard InChI is InChI=1S/C19H26N4O/c1-15-5-6-18-20-17(14-23(18)13-15)19(24)22-11-7-16(8-12-22)21-9-3-2-4-10-21/h5-6,13-14,16H,2-4,7-12H2,1H3. The quantitative estimate of drug-likeness (QED) is 0.852. The Morgan fingerprint density at radius 1 is 1.04 bits per heavy atom. The third-order valence-electron chi connectivity index (χ3n) is 5.48. The van der Waals surface area contributed by atoms with Crippen LogP contribution in [0.1, 0.15) is 48.2 Å². The Hall–Kier alpha value is -1.88. The summed E-state index contributed by atoms with van der Waals surface area (Å²) in [5, 5.41) is 0. The Labute approximate surface area is 143 Å². The Bertz CT molecular complexity index is 724. The van der Waals surface area contributed by atoms with E-state index in [0.717, 1.165) is 31.6 Å². The Balaban J connectivity index is 1.41. The van der Waals surface area contributed by atoms with Crippen molar-refractivity contribution in [3.05, 3.63) is 35.8 Å². The van der Waals surface area contributed by atoms with Crippen molar-refractivity contribution in [2.45, 2.75) is 45.1 Å². The van der Waals surface area contributed by atoms with Gasteiger partial charge < -0.3 is 14.2 Å². The van der Waals surface area contributed by atoms with Gasteiger partial charge in [0.2, 0.25) is 0 Å². The highest BCUT2D eigenvalue weighted by atomic mass is 16.2. The molecule has 2 saturated heterocycles. The van der Waals surface area contributed by atoms with E-state index in [-0.39, 0.29) is 5.91 Å². The van der Waals surface area contributed by atoms with Crippen LogP contribution < -0.4 is 0 Å². The van der Waals surface area contributed by atoms with Crippen LogP contribution in [0.4, 0.5) is 0 Å². The molecule has 5 nitrogen and oxygen atoms in total. The van der Waals surface area contributed by atoms with Crippen molar-refractivity contribution < 1.29 is 4.79 Å². The van der Waals surface area contributed by atoms with Gasteiger partial charge in [-0.05, 0) is 57.3 Å². The maximum atomic E-state index is 12.8. The molecule has 0 saturated carbocycles. The third-order valence-corrected chi connectivity index (χ3v) is 5.48. The Kier molecular flexibility index (Phi) is 4.27. The van der Waals surface area contributed by atoms with Gasteiger partial charge in [0, 0.05) is 31.5 Å². The minimum absolute atomic E-state index is 0.0773. The van der Waals surface area contributed by atoms with Gasteiger partial charge in [0.05, 0.1) is 0 Å². The zero-order chi connectivity index (χ0) is 16.5. The first kappa shape index (κ1) is 15.6. The molecule has 0 atom stereocenters. The summed E-state index contributed by atoms with van der Waals surface area (Å²) in [5.74, 6) is 0.0773. The zero-order valence-corrected chi connectivity index (χ0v) is 14.4. The van der Waals surface area contributed by atoms with Gasteiger partial charge in [0.15, 0.2) is 0 Å². The molecule has 4 heterocycles. The molecular formula is C19H26N4O. The van der Waals surface area contributed by atoms with Gasteiger partial charge in [-0.2, -0.15) is 0 Å². The molecule has 2 aromatic heterocycles. The molecule has 0 unspecified atom stereocenters. The lowest BCUT2D eigenvalue weighted by Gasteiger charge is -2.40. The van der Waals surface area contributed by atoms with Crippen molar-refractivity contribution in [2.24, 2.45) is 0 Å². The van der Waals surface area contributed by atoms with E-state index in [2.05, 4.69) is 9.88 Å². The second-order valence-electron chi connectivity index (χ2n) is 7.22. The number of hydrogen-bond acceptors (Lipinski definition) is 3. The average Bonchev–Trinajstić information content (AvgIpc) is 3.05. The van der Waals surface area contributed by atoms with Crippen molar-refractivity contribution >= 4 is 11.6 Å². The van der Waals surface area contributed by atoms with Crippen LogP contribution >= 0.6 is 0 Å². The minimum atomic E-state index is 0.0773. The molecule has 2 aliphatic heterocycles. The number of likely N-dealkylation sites (tertiary alicyclic amines) is 2. The molecule has 2 fully saturated rings. The van der Waals surface area contributed by atoms with Crippen molar-refractivity contribution in [3.63, 3.8) is 0 Å². The highest BCUT2D eigenvalue weighted by molar-refractivity contribution is 5.93. The number of carbonyl (C=O) groups is 1. The Morgan fingerprint density at radius 3 is 2.54 bits per heavy atom. The first-order valence-electron chi connectivity index (χ1n) is 9.19. The number of amides is 1. The largest absolute Gasteiger partial charge is 0.337 e. The molecule has 1 amide bonds. The smallest absolute Gasteiger partial charge is 0.274 e. The first-order valence-corrected chi connectivity index (χ1v) is 9.19. The van der Waals surface area contributed by atoms with Gasteiger partial charge in [0.1, 0.15) is 11.3 Å². The summed E-state index contributed by atoms with van der Waals surface area (Å²) in [6, 6.07) is 4.66. The topological polar surface area (TPSA) is 40.9 Å². The van der Waals surface area contributed by atoms with Gasteiger partial charge >= 0.3 is 0 Å². The van der Waals surface area contributed by atoms with Crippen molar-refractivity contribution in [1.29, 1.82) is 0 Å². The summed E-state index contributed by atoms with van der Waals surface area (Å²) in [6.45, 7) is 6.24. The summed E-state index contributed by atoms with van der Waals surface area (Å²) in [6.07, 6.45) is 10.1. The number of rotatable bonds is 2. The van der Waals surface area contributed by atoms with Crippen LogP contribution in [0, 0.1) is 6.92 Å². The Morgan fingerprint density at radius 2 is 1.79 bits per heavy atom. The van der Waals surface area contributed by atoms with Crippen molar-refractivity contribution in [1.82, 2.24) is 19.2 Å². The second kappa shape index (κ2) is 6.55. The maximum Gasteiger partial charge on any atom is 0.274 e. The lowest BCUT2D eigenvalue weighted by Crippen LogP contribution is -2.48. The number of hydrogen-bond donors (Lipinski definition) is 0. The highest BCUT2D eigenvalue weighted by Crippen LogP contribution is 2.22. The van der Waals surface area contributed by atoms with Crippen LogP contribution in [-0.2, 0) is 0 Å². The number of aromatic nitrogens is 2. The normalized spacial score (nSPS) is 20.6. The number of aryl methyl sites for hydroxylation is 1. The van der Waals surface area contributed by atoms with Crippen LogP contribution in [0.25, 0.3) is 5.65 Å². The van der Waals surface area contributed by atoms with E-state index in [4.69, 9.17) is 0 Å². The highest BCUT2D eigenvalue weighted by Gasteiger charge is 2.28. The molecule has 0 aromatic carbocycles. The van der Waals surface area contributed by atoms with Gasteiger partial charge in [-0.1, -0.05) is 12.5 Å². The van der Waals surface area contributed by atoms with E-state index >= 15 is 0 Å². The molecule has 2 aliphatic rings. The van der Waals surface area contributed by atoms with Crippen molar-refractivity contribution in [3.8, 4) is 0 Å². The summed E-state index contributed by atoms with van der Waals surface area (Å²) in [4.78, 5) is 21.9. The molecule has 24 heavy (non-hydrogen) atoms. The van der Waals surface area contributed by atoms with Crippen LogP contribution in [-0.4, -0.2) is 57.3 Å². The monoisotopic (exact) mass is 326 g/mol. The fourth-order valence-corrected chi connectivity index (χ4v) is 4.09. The summed E-state index contributed by atoms with van der Waals surface area (Å²) >= 11 is 0. The second-order valence-corrected chi connectivity index (χ2v) is 7.22. The lowest BCUT2D eigenvalue weighted by atomic mass is 10.00. The van der Waals surface area contributed by atoms with Crippen LogP contribution in [0.15, 0.2) is 24.5 Å². The summed E-state index contributed by atoms with van der Waals surface area (Å²) in [5.41, 5.74) is 2.57. The molecule has 2 aromatic rings. The van der Waals surface area contributed by atoms with Gasteiger partial charge in [-0.15, -0.1) is 0 Å². The molecule has 0 N–H and O–H groups in total. The fourth-order valence-electron chi connectivity index (χ4n) is 4.09. The van der Waals surface area contributed by atoms with E-state index in [1.54, 1.807) is 0 Å². The number of nitrogens with zero attached hydrogens (tertiary/aromatic N) is 4. The van der Waals surface area contributed by atoms with E-state index < -0.39 is 0 Å². The number of piperidine rings is 2. The molecular weight excluding hydrogens is 300 g/mol. The number of carbonyl (C=O) groups excluding carboxylic acids is 1. The summed E-state index contributed by atoms with van der Waals surface area (Å²) in [7, 11) is 0. The predicted octanol–water partition coefficient (Wildman–Crippen LogP) is 2.73. The van der Waals surface area contributed by atoms with Crippen LogP contribution in [0.2, 0.25) is 0 Å². The lowest BCUT2D eigenvalue weighted by molar-refractivity contribution is 0.0585. The first-order chi connectivity index (χ1) is 11.7. The van der Waals surface area contributed by atoms with E-state index in [1.165, 1.54) is 37.9 Å². The molecule has 5 heteroatoms. The maximum absolute atomic E-state index is 12.8. The van der Waals surface area contributed by atoms with Gasteiger partial charge in [0.25, 0.3) is 5.91 Å². The number of pyridine rings is 1. The van der Waals surface area contributed by atoms with Crippen molar-refractivity contribution in [2.75, 3.05) is 26.2 Å². The molecule has 0 bridgehead atoms. The SMILES string of the molecule is Cc1ccc2nc(C(=O)N3CCC(N4CCCCC4)CC3)cn2c1. The molecule has 0 aliphatic carbocycles. The van der Waals surface area contributed by atoms with Gasteiger partial charge in [-0.25, -0.2) is 4.98 Å². The zero-order valence-electron chi connectivity index (χ0n) is 14.4. The molecule has 128 valence electrons. The molecule has 0 radical (unpaired) electrons. The molecule has 0 spiro atoms. The number of imidazole rings is 1.